The molecule has 1 aromatic heterocycles. The summed E-state index contributed by atoms with van der Waals surface area (Å²) in [6.07, 6.45) is 2.86. The van der Waals surface area contributed by atoms with Crippen LogP contribution >= 0.6 is 0 Å². The van der Waals surface area contributed by atoms with Gasteiger partial charge in [-0.15, -0.1) is 0 Å². The summed E-state index contributed by atoms with van der Waals surface area (Å²) in [5, 5.41) is 9.28. The summed E-state index contributed by atoms with van der Waals surface area (Å²) in [6, 6.07) is 5.22. The molecular formula is C15H21N3O2. The van der Waals surface area contributed by atoms with E-state index in [-0.39, 0.29) is 0 Å². The van der Waals surface area contributed by atoms with Crippen molar-refractivity contribution in [2.24, 2.45) is 0 Å². The van der Waals surface area contributed by atoms with Gasteiger partial charge in [0, 0.05) is 13.1 Å². The fourth-order valence-electron chi connectivity index (χ4n) is 2.46. The van der Waals surface area contributed by atoms with E-state index in [1.807, 2.05) is 10.6 Å². The fraction of sp³-hybridized carbons (Fsp3) is 0.467. The van der Waals surface area contributed by atoms with Gasteiger partial charge in [0.2, 0.25) is 0 Å². The van der Waals surface area contributed by atoms with Crippen molar-refractivity contribution in [2.75, 3.05) is 19.6 Å². The molecule has 0 atom stereocenters. The summed E-state index contributed by atoms with van der Waals surface area (Å²) < 4.78 is 1.94. The van der Waals surface area contributed by atoms with Gasteiger partial charge in [0.1, 0.15) is 0 Å². The van der Waals surface area contributed by atoms with Gasteiger partial charge >= 0.3 is 5.97 Å². The number of imidazole rings is 1. The topological polar surface area (TPSA) is 58.4 Å². The first-order valence-corrected chi connectivity index (χ1v) is 7.06. The number of carboxylic acid groups (broad SMARTS) is 1. The van der Waals surface area contributed by atoms with Gasteiger partial charge in [-0.2, -0.15) is 0 Å². The van der Waals surface area contributed by atoms with Gasteiger partial charge in [0.05, 0.1) is 22.9 Å². The predicted octanol–water partition coefficient (Wildman–Crippen LogP) is 2.47. The van der Waals surface area contributed by atoms with E-state index in [0.717, 1.165) is 38.1 Å². The number of rotatable bonds is 7. The lowest BCUT2D eigenvalue weighted by Crippen LogP contribution is -2.28. The van der Waals surface area contributed by atoms with Crippen molar-refractivity contribution < 1.29 is 9.90 Å². The lowest BCUT2D eigenvalue weighted by atomic mass is 10.2. The van der Waals surface area contributed by atoms with Crippen molar-refractivity contribution in [1.82, 2.24) is 14.5 Å². The molecule has 5 heteroatoms. The minimum Gasteiger partial charge on any atom is -0.478 e. The summed E-state index contributed by atoms with van der Waals surface area (Å²) in [5.41, 5.74) is 1.77. The van der Waals surface area contributed by atoms with Crippen molar-refractivity contribution in [1.29, 1.82) is 0 Å². The highest BCUT2D eigenvalue weighted by molar-refractivity contribution is 6.01. The number of fused-ring (bicyclic) bond motifs is 1. The van der Waals surface area contributed by atoms with E-state index >= 15 is 0 Å². The van der Waals surface area contributed by atoms with Crippen molar-refractivity contribution in [2.45, 2.75) is 26.8 Å². The monoisotopic (exact) mass is 275 g/mol. The second-order valence-electron chi connectivity index (χ2n) is 4.85. The Morgan fingerprint density at radius 2 is 2.15 bits per heavy atom. The third-order valence-corrected chi connectivity index (χ3v) is 3.51. The quantitative estimate of drug-likeness (QED) is 0.843. The zero-order valence-electron chi connectivity index (χ0n) is 12.0. The fourth-order valence-corrected chi connectivity index (χ4v) is 2.46. The standard InChI is InChI=1S/C15H21N3O2/c1-3-8-17(4-2)9-10-18-11-16-13-7-5-6-12(14(13)18)15(19)20/h5-7,11H,3-4,8-10H2,1-2H3,(H,19,20). The SMILES string of the molecule is CCCN(CC)CCn1cnc2cccc(C(=O)O)c21. The molecule has 20 heavy (non-hydrogen) atoms. The van der Waals surface area contributed by atoms with E-state index < -0.39 is 5.97 Å². The molecule has 2 rings (SSSR count). The third-order valence-electron chi connectivity index (χ3n) is 3.51. The van der Waals surface area contributed by atoms with Crippen molar-refractivity contribution in [3.8, 4) is 0 Å². The largest absolute Gasteiger partial charge is 0.478 e. The van der Waals surface area contributed by atoms with Crippen LogP contribution in [0.1, 0.15) is 30.6 Å². The molecule has 0 saturated heterocycles. The van der Waals surface area contributed by atoms with Crippen LogP contribution in [0.2, 0.25) is 0 Å². The number of hydrogen-bond donors (Lipinski definition) is 1. The molecule has 0 saturated carbocycles. The maximum Gasteiger partial charge on any atom is 0.337 e. The van der Waals surface area contributed by atoms with Gasteiger partial charge in [-0.25, -0.2) is 9.78 Å². The summed E-state index contributed by atoms with van der Waals surface area (Å²) in [4.78, 5) is 18.0. The number of aromatic carboxylic acids is 1. The highest BCUT2D eigenvalue weighted by Gasteiger charge is 2.13. The summed E-state index contributed by atoms with van der Waals surface area (Å²) in [6.45, 7) is 8.04. The van der Waals surface area contributed by atoms with Crippen LogP contribution in [-0.4, -0.2) is 45.2 Å². The number of benzene rings is 1. The molecule has 0 unspecified atom stereocenters. The second kappa shape index (κ2) is 6.52. The van der Waals surface area contributed by atoms with Crippen molar-refractivity contribution >= 4 is 17.0 Å². The van der Waals surface area contributed by atoms with Crippen molar-refractivity contribution in [3.05, 3.63) is 30.1 Å². The van der Waals surface area contributed by atoms with Gasteiger partial charge < -0.3 is 14.6 Å². The van der Waals surface area contributed by atoms with E-state index in [1.54, 1.807) is 18.5 Å². The molecule has 0 spiro atoms. The molecular weight excluding hydrogens is 254 g/mol. The second-order valence-corrected chi connectivity index (χ2v) is 4.85. The van der Waals surface area contributed by atoms with E-state index in [0.29, 0.717) is 11.1 Å². The molecule has 5 nitrogen and oxygen atoms in total. The highest BCUT2D eigenvalue weighted by atomic mass is 16.4. The van der Waals surface area contributed by atoms with Crippen molar-refractivity contribution in [3.63, 3.8) is 0 Å². The van der Waals surface area contributed by atoms with Gasteiger partial charge in [0.15, 0.2) is 0 Å². The van der Waals surface area contributed by atoms with Crippen LogP contribution in [0.15, 0.2) is 24.5 Å². The average molecular weight is 275 g/mol. The highest BCUT2D eigenvalue weighted by Crippen LogP contribution is 2.18. The number of likely N-dealkylation sites (N-methyl/N-ethyl adjacent to an activating group) is 1. The lowest BCUT2D eigenvalue weighted by Gasteiger charge is -2.19. The molecule has 108 valence electrons. The Hall–Kier alpha value is -1.88. The molecule has 2 aromatic rings. The Morgan fingerprint density at radius 1 is 1.35 bits per heavy atom. The molecule has 0 amide bonds. The number of hydrogen-bond acceptors (Lipinski definition) is 3. The average Bonchev–Trinajstić information content (AvgIpc) is 2.86. The normalized spacial score (nSPS) is 11.3. The third kappa shape index (κ3) is 2.99. The number of nitrogens with zero attached hydrogens (tertiary/aromatic N) is 3. The Bertz CT molecular complexity index is 592. The smallest absolute Gasteiger partial charge is 0.337 e. The minimum atomic E-state index is -0.904. The van der Waals surface area contributed by atoms with Crippen LogP contribution in [0.5, 0.6) is 0 Å². The Kier molecular flexibility index (Phi) is 4.74. The minimum absolute atomic E-state index is 0.318. The van der Waals surface area contributed by atoms with E-state index in [9.17, 15) is 9.90 Å². The molecule has 0 fully saturated rings. The van der Waals surface area contributed by atoms with Crippen LogP contribution in [0, 0.1) is 0 Å². The Labute approximate surface area is 118 Å². The molecule has 1 heterocycles. The summed E-state index contributed by atoms with van der Waals surface area (Å²) in [7, 11) is 0. The molecule has 0 aliphatic heterocycles. The summed E-state index contributed by atoms with van der Waals surface area (Å²) >= 11 is 0. The summed E-state index contributed by atoms with van der Waals surface area (Å²) in [5.74, 6) is -0.904. The molecule has 0 aliphatic rings. The van der Waals surface area contributed by atoms with Gasteiger partial charge in [-0.05, 0) is 31.6 Å². The van der Waals surface area contributed by atoms with E-state index in [4.69, 9.17) is 0 Å². The molecule has 1 N–H and O–H groups in total. The first-order chi connectivity index (χ1) is 9.67. The van der Waals surface area contributed by atoms with Crippen LogP contribution in [0.4, 0.5) is 0 Å². The van der Waals surface area contributed by atoms with Crippen LogP contribution < -0.4 is 0 Å². The van der Waals surface area contributed by atoms with Gasteiger partial charge in [0.25, 0.3) is 0 Å². The maximum absolute atomic E-state index is 11.3. The number of carboxylic acids is 1. The van der Waals surface area contributed by atoms with Gasteiger partial charge in [-0.1, -0.05) is 19.9 Å². The van der Waals surface area contributed by atoms with Gasteiger partial charge in [-0.3, -0.25) is 0 Å². The van der Waals surface area contributed by atoms with Crippen LogP contribution in [0.25, 0.3) is 11.0 Å². The number of para-hydroxylation sites is 1. The molecule has 1 aromatic carbocycles. The Morgan fingerprint density at radius 3 is 2.80 bits per heavy atom. The number of aromatic nitrogens is 2. The maximum atomic E-state index is 11.3. The van der Waals surface area contributed by atoms with Crippen LogP contribution in [0.3, 0.4) is 0 Å². The zero-order valence-corrected chi connectivity index (χ0v) is 12.0. The molecule has 0 aliphatic carbocycles. The first-order valence-electron chi connectivity index (χ1n) is 7.06. The first kappa shape index (κ1) is 14.5. The Balaban J connectivity index is 2.24. The lowest BCUT2D eigenvalue weighted by molar-refractivity contribution is 0.0698. The van der Waals surface area contributed by atoms with Crippen LogP contribution in [-0.2, 0) is 6.54 Å². The molecule has 0 radical (unpaired) electrons. The van der Waals surface area contributed by atoms with E-state index in [1.165, 1.54) is 0 Å². The molecule has 0 bridgehead atoms. The van der Waals surface area contributed by atoms with E-state index in [2.05, 4.69) is 23.7 Å². The number of carbonyl (C=O) groups is 1. The predicted molar refractivity (Wildman–Crippen MR) is 79.1 cm³/mol. The zero-order chi connectivity index (χ0) is 14.5.